The molecule has 96 valence electrons. The van der Waals surface area contributed by atoms with Crippen LogP contribution in [0, 0.1) is 11.3 Å². The summed E-state index contributed by atoms with van der Waals surface area (Å²) in [6.07, 6.45) is 5.23. The number of rotatable bonds is 5. The predicted octanol–water partition coefficient (Wildman–Crippen LogP) is 2.87. The SMILES string of the molecule is CCCC(C)C(CN)N1CCC(C)(C)CC1. The van der Waals surface area contributed by atoms with Gasteiger partial charge in [-0.2, -0.15) is 0 Å². The highest BCUT2D eigenvalue weighted by Crippen LogP contribution is 2.31. The summed E-state index contributed by atoms with van der Waals surface area (Å²) in [5.41, 5.74) is 6.51. The average Bonchev–Trinajstić information content (AvgIpc) is 2.22. The fourth-order valence-electron chi connectivity index (χ4n) is 2.85. The lowest BCUT2D eigenvalue weighted by molar-refractivity contribution is 0.0712. The highest BCUT2D eigenvalue weighted by atomic mass is 15.2. The number of hydrogen-bond donors (Lipinski definition) is 1. The molecule has 2 heteroatoms. The smallest absolute Gasteiger partial charge is 0.0243 e. The molecule has 1 aliphatic rings. The Hall–Kier alpha value is -0.0800. The third kappa shape index (κ3) is 3.74. The fraction of sp³-hybridized carbons (Fsp3) is 1.00. The minimum absolute atomic E-state index is 0.545. The molecule has 1 saturated heterocycles. The standard InChI is InChI=1S/C14H30N2/c1-5-6-12(2)13(11-15)16-9-7-14(3,4)8-10-16/h12-13H,5-11,15H2,1-4H3. The monoisotopic (exact) mass is 226 g/mol. The Kier molecular flexibility index (Phi) is 5.26. The van der Waals surface area contributed by atoms with Crippen LogP contribution in [0.3, 0.4) is 0 Å². The van der Waals surface area contributed by atoms with E-state index in [9.17, 15) is 0 Å². The summed E-state index contributed by atoms with van der Waals surface area (Å²) in [6, 6.07) is 0.607. The molecule has 0 aromatic rings. The van der Waals surface area contributed by atoms with Crippen LogP contribution in [0.4, 0.5) is 0 Å². The van der Waals surface area contributed by atoms with Crippen LogP contribution < -0.4 is 5.73 Å². The van der Waals surface area contributed by atoms with Crippen molar-refractivity contribution in [1.82, 2.24) is 4.90 Å². The van der Waals surface area contributed by atoms with Gasteiger partial charge in [-0.3, -0.25) is 4.90 Å². The minimum atomic E-state index is 0.545. The topological polar surface area (TPSA) is 29.3 Å². The Morgan fingerprint density at radius 2 is 1.81 bits per heavy atom. The number of hydrogen-bond acceptors (Lipinski definition) is 2. The molecule has 2 atom stereocenters. The summed E-state index contributed by atoms with van der Waals surface area (Å²) in [5.74, 6) is 0.746. The van der Waals surface area contributed by atoms with E-state index in [4.69, 9.17) is 5.73 Å². The highest BCUT2D eigenvalue weighted by Gasteiger charge is 2.30. The number of piperidine rings is 1. The van der Waals surface area contributed by atoms with Crippen LogP contribution in [0.2, 0.25) is 0 Å². The maximum atomic E-state index is 5.96. The predicted molar refractivity (Wildman–Crippen MR) is 71.5 cm³/mol. The van der Waals surface area contributed by atoms with Crippen molar-refractivity contribution in [2.75, 3.05) is 19.6 Å². The Labute approximate surface area is 102 Å². The first-order valence-corrected chi connectivity index (χ1v) is 6.94. The van der Waals surface area contributed by atoms with E-state index in [2.05, 4.69) is 32.6 Å². The Bertz CT molecular complexity index is 191. The lowest BCUT2D eigenvalue weighted by Gasteiger charge is -2.42. The molecular weight excluding hydrogens is 196 g/mol. The second-order valence-electron chi connectivity index (χ2n) is 6.27. The van der Waals surface area contributed by atoms with Crippen LogP contribution in [0.25, 0.3) is 0 Å². The molecule has 2 unspecified atom stereocenters. The molecule has 2 nitrogen and oxygen atoms in total. The van der Waals surface area contributed by atoms with Gasteiger partial charge in [0.15, 0.2) is 0 Å². The Morgan fingerprint density at radius 1 is 1.25 bits per heavy atom. The lowest BCUT2D eigenvalue weighted by atomic mass is 9.81. The maximum absolute atomic E-state index is 5.96. The average molecular weight is 226 g/mol. The highest BCUT2D eigenvalue weighted by molar-refractivity contribution is 4.85. The van der Waals surface area contributed by atoms with Gasteiger partial charge in [-0.15, -0.1) is 0 Å². The van der Waals surface area contributed by atoms with Gasteiger partial charge in [0.1, 0.15) is 0 Å². The third-order valence-electron chi connectivity index (χ3n) is 4.26. The molecule has 2 N–H and O–H groups in total. The summed E-state index contributed by atoms with van der Waals surface area (Å²) in [6.45, 7) is 12.7. The van der Waals surface area contributed by atoms with Crippen LogP contribution >= 0.6 is 0 Å². The first kappa shape index (κ1) is 14.0. The fourth-order valence-corrected chi connectivity index (χ4v) is 2.85. The summed E-state index contributed by atoms with van der Waals surface area (Å²) >= 11 is 0. The zero-order valence-corrected chi connectivity index (χ0v) is 11.6. The molecule has 0 aliphatic carbocycles. The quantitative estimate of drug-likeness (QED) is 0.781. The summed E-state index contributed by atoms with van der Waals surface area (Å²) in [5, 5.41) is 0. The molecule has 0 amide bonds. The van der Waals surface area contributed by atoms with E-state index in [1.165, 1.54) is 38.8 Å². The molecule has 0 aromatic heterocycles. The zero-order chi connectivity index (χ0) is 12.2. The van der Waals surface area contributed by atoms with Crippen molar-refractivity contribution >= 4 is 0 Å². The molecule has 1 aliphatic heterocycles. The van der Waals surface area contributed by atoms with Gasteiger partial charge in [-0.1, -0.05) is 34.1 Å². The van der Waals surface area contributed by atoms with Gasteiger partial charge in [0, 0.05) is 12.6 Å². The van der Waals surface area contributed by atoms with Crippen molar-refractivity contribution < 1.29 is 0 Å². The molecule has 1 rings (SSSR count). The Balaban J connectivity index is 2.48. The molecule has 0 bridgehead atoms. The number of likely N-dealkylation sites (tertiary alicyclic amines) is 1. The number of nitrogens with zero attached hydrogens (tertiary/aromatic N) is 1. The summed E-state index contributed by atoms with van der Waals surface area (Å²) in [7, 11) is 0. The Morgan fingerprint density at radius 3 is 2.25 bits per heavy atom. The van der Waals surface area contributed by atoms with Gasteiger partial charge in [0.2, 0.25) is 0 Å². The van der Waals surface area contributed by atoms with E-state index >= 15 is 0 Å². The first-order chi connectivity index (χ1) is 7.50. The van der Waals surface area contributed by atoms with Crippen molar-refractivity contribution in [1.29, 1.82) is 0 Å². The van der Waals surface area contributed by atoms with Crippen LogP contribution in [0.15, 0.2) is 0 Å². The van der Waals surface area contributed by atoms with Gasteiger partial charge in [-0.25, -0.2) is 0 Å². The van der Waals surface area contributed by atoms with Gasteiger partial charge in [0.25, 0.3) is 0 Å². The van der Waals surface area contributed by atoms with E-state index < -0.39 is 0 Å². The van der Waals surface area contributed by atoms with Crippen molar-refractivity contribution in [3.8, 4) is 0 Å². The largest absolute Gasteiger partial charge is 0.329 e. The molecule has 1 fully saturated rings. The van der Waals surface area contributed by atoms with E-state index in [1.807, 2.05) is 0 Å². The molecule has 0 spiro atoms. The molecule has 16 heavy (non-hydrogen) atoms. The molecule has 0 radical (unpaired) electrons. The van der Waals surface area contributed by atoms with Gasteiger partial charge in [0.05, 0.1) is 0 Å². The van der Waals surface area contributed by atoms with Gasteiger partial charge >= 0.3 is 0 Å². The minimum Gasteiger partial charge on any atom is -0.329 e. The molecule has 0 aromatic carbocycles. The molecular formula is C14H30N2. The van der Waals surface area contributed by atoms with Crippen molar-refractivity contribution in [2.45, 2.75) is 59.4 Å². The van der Waals surface area contributed by atoms with Crippen LogP contribution in [-0.4, -0.2) is 30.6 Å². The van der Waals surface area contributed by atoms with E-state index in [0.717, 1.165) is 12.5 Å². The second kappa shape index (κ2) is 6.02. The van der Waals surface area contributed by atoms with E-state index in [-0.39, 0.29) is 0 Å². The van der Waals surface area contributed by atoms with E-state index in [0.29, 0.717) is 11.5 Å². The maximum Gasteiger partial charge on any atom is 0.0243 e. The zero-order valence-electron chi connectivity index (χ0n) is 11.6. The van der Waals surface area contributed by atoms with Gasteiger partial charge < -0.3 is 5.73 Å². The van der Waals surface area contributed by atoms with Crippen LogP contribution in [0.1, 0.15) is 53.4 Å². The van der Waals surface area contributed by atoms with Gasteiger partial charge in [-0.05, 0) is 43.7 Å². The lowest BCUT2D eigenvalue weighted by Crippen LogP contribution is -2.49. The summed E-state index contributed by atoms with van der Waals surface area (Å²) < 4.78 is 0. The molecule has 0 saturated carbocycles. The first-order valence-electron chi connectivity index (χ1n) is 6.94. The normalized spacial score (nSPS) is 25.3. The van der Waals surface area contributed by atoms with Crippen molar-refractivity contribution in [3.63, 3.8) is 0 Å². The second-order valence-corrected chi connectivity index (χ2v) is 6.27. The number of nitrogens with two attached hydrogens (primary N) is 1. The van der Waals surface area contributed by atoms with Crippen LogP contribution in [0.5, 0.6) is 0 Å². The van der Waals surface area contributed by atoms with Crippen molar-refractivity contribution in [2.24, 2.45) is 17.1 Å². The third-order valence-corrected chi connectivity index (χ3v) is 4.26. The molecule has 1 heterocycles. The van der Waals surface area contributed by atoms with Crippen LogP contribution in [-0.2, 0) is 0 Å². The summed E-state index contributed by atoms with van der Waals surface area (Å²) in [4.78, 5) is 2.63. The van der Waals surface area contributed by atoms with E-state index in [1.54, 1.807) is 0 Å². The van der Waals surface area contributed by atoms with Crippen molar-refractivity contribution in [3.05, 3.63) is 0 Å².